The fourth-order valence-corrected chi connectivity index (χ4v) is 2.77. The van der Waals surface area contributed by atoms with Crippen LogP contribution in [-0.2, 0) is 4.74 Å². The molecule has 6 nitrogen and oxygen atoms in total. The lowest BCUT2D eigenvalue weighted by molar-refractivity contribution is 0.00870. The zero-order chi connectivity index (χ0) is 16.7. The van der Waals surface area contributed by atoms with E-state index in [0.717, 1.165) is 37.7 Å². The predicted octanol–water partition coefficient (Wildman–Crippen LogP) is 1.78. The molecule has 2 rings (SSSR count). The summed E-state index contributed by atoms with van der Waals surface area (Å²) in [5.74, 6) is 1.67. The lowest BCUT2D eigenvalue weighted by Crippen LogP contribution is -2.47. The number of hydrogen-bond donors (Lipinski definition) is 2. The molecule has 6 heteroatoms. The quantitative estimate of drug-likeness (QED) is 0.617. The summed E-state index contributed by atoms with van der Waals surface area (Å²) in [5, 5.41) is 3.12. The Morgan fingerprint density at radius 3 is 2.70 bits per heavy atom. The van der Waals surface area contributed by atoms with E-state index in [1.54, 1.807) is 7.11 Å². The van der Waals surface area contributed by atoms with Gasteiger partial charge in [-0.15, -0.1) is 0 Å². The van der Waals surface area contributed by atoms with E-state index in [1.807, 2.05) is 24.3 Å². The number of ether oxygens (including phenoxy) is 2. The van der Waals surface area contributed by atoms with Crippen molar-refractivity contribution in [1.29, 1.82) is 0 Å². The summed E-state index contributed by atoms with van der Waals surface area (Å²) < 4.78 is 10.7. The smallest absolute Gasteiger partial charge is 0.193 e. The molecule has 0 bridgehead atoms. The first-order chi connectivity index (χ1) is 11.1. The first-order valence-electron chi connectivity index (χ1n) is 8.13. The van der Waals surface area contributed by atoms with Gasteiger partial charge in [0.25, 0.3) is 0 Å². The molecule has 1 aliphatic rings. The molecule has 128 valence electrons. The van der Waals surface area contributed by atoms with E-state index in [2.05, 4.69) is 29.1 Å². The summed E-state index contributed by atoms with van der Waals surface area (Å²) in [6.45, 7) is 8.62. The maximum atomic E-state index is 6.05. The van der Waals surface area contributed by atoms with Crippen LogP contribution in [0.2, 0.25) is 0 Å². The van der Waals surface area contributed by atoms with E-state index < -0.39 is 0 Å². The van der Waals surface area contributed by atoms with E-state index in [-0.39, 0.29) is 0 Å². The summed E-state index contributed by atoms with van der Waals surface area (Å²) in [5.41, 5.74) is 6.87. The molecular formula is C17H28N4O2. The predicted molar refractivity (Wildman–Crippen MR) is 94.1 cm³/mol. The van der Waals surface area contributed by atoms with Gasteiger partial charge < -0.3 is 20.5 Å². The van der Waals surface area contributed by atoms with Gasteiger partial charge in [0, 0.05) is 19.1 Å². The number of nitrogens with zero attached hydrogens (tertiary/aromatic N) is 2. The minimum Gasteiger partial charge on any atom is -0.495 e. The number of morpholine rings is 1. The van der Waals surface area contributed by atoms with Gasteiger partial charge in [-0.05, 0) is 18.1 Å². The summed E-state index contributed by atoms with van der Waals surface area (Å²) in [6.07, 6.45) is 0. The molecular weight excluding hydrogens is 292 g/mol. The number of aliphatic imine (C=N–C) groups is 1. The van der Waals surface area contributed by atoms with Crippen LogP contribution in [0.3, 0.4) is 0 Å². The number of hydrogen-bond acceptors (Lipinski definition) is 4. The molecule has 0 spiro atoms. The summed E-state index contributed by atoms with van der Waals surface area (Å²) in [6, 6.07) is 8.04. The van der Waals surface area contributed by atoms with Gasteiger partial charge in [0.2, 0.25) is 0 Å². The minimum absolute atomic E-state index is 0.372. The second kappa shape index (κ2) is 8.74. The summed E-state index contributed by atoms with van der Waals surface area (Å²) in [4.78, 5) is 6.98. The Kier molecular flexibility index (Phi) is 6.67. The minimum atomic E-state index is 0.372. The molecule has 0 aliphatic carbocycles. The Morgan fingerprint density at radius 2 is 2.04 bits per heavy atom. The molecule has 1 aliphatic heterocycles. The SMILES string of the molecule is COc1ccccc1NC(N)=NCC(C(C)C)N1CCOCC1. The third-order valence-corrected chi connectivity index (χ3v) is 4.10. The van der Waals surface area contributed by atoms with E-state index >= 15 is 0 Å². The second-order valence-electron chi connectivity index (χ2n) is 6.01. The molecule has 1 aromatic carbocycles. The van der Waals surface area contributed by atoms with Crippen molar-refractivity contribution in [3.63, 3.8) is 0 Å². The zero-order valence-corrected chi connectivity index (χ0v) is 14.3. The molecule has 1 unspecified atom stereocenters. The number of methoxy groups -OCH3 is 1. The lowest BCUT2D eigenvalue weighted by Gasteiger charge is -2.36. The van der Waals surface area contributed by atoms with Crippen molar-refractivity contribution in [3.05, 3.63) is 24.3 Å². The van der Waals surface area contributed by atoms with Crippen LogP contribution in [0.15, 0.2) is 29.3 Å². The summed E-state index contributed by atoms with van der Waals surface area (Å²) in [7, 11) is 1.64. The fraction of sp³-hybridized carbons (Fsp3) is 0.588. The van der Waals surface area contributed by atoms with Gasteiger partial charge in [-0.1, -0.05) is 26.0 Å². The second-order valence-corrected chi connectivity index (χ2v) is 6.01. The Labute approximate surface area is 138 Å². The van der Waals surface area contributed by atoms with Crippen molar-refractivity contribution >= 4 is 11.6 Å². The van der Waals surface area contributed by atoms with Crippen LogP contribution < -0.4 is 15.8 Å². The number of anilines is 1. The van der Waals surface area contributed by atoms with Crippen LogP contribution in [0, 0.1) is 5.92 Å². The number of nitrogens with two attached hydrogens (primary N) is 1. The Bertz CT molecular complexity index is 513. The third-order valence-electron chi connectivity index (χ3n) is 4.10. The molecule has 23 heavy (non-hydrogen) atoms. The third kappa shape index (κ3) is 5.11. The van der Waals surface area contributed by atoms with Crippen molar-refractivity contribution in [2.75, 3.05) is 45.3 Å². The number of benzene rings is 1. The largest absolute Gasteiger partial charge is 0.495 e. The van der Waals surface area contributed by atoms with Crippen LogP contribution in [0.25, 0.3) is 0 Å². The first kappa shape index (κ1) is 17.6. The fourth-order valence-electron chi connectivity index (χ4n) is 2.77. The van der Waals surface area contributed by atoms with E-state index in [0.29, 0.717) is 24.5 Å². The Balaban J connectivity index is 1.98. The van der Waals surface area contributed by atoms with Gasteiger partial charge in [0.1, 0.15) is 5.75 Å². The highest BCUT2D eigenvalue weighted by Crippen LogP contribution is 2.22. The van der Waals surface area contributed by atoms with Gasteiger partial charge in [-0.25, -0.2) is 0 Å². The molecule has 0 aromatic heterocycles. The monoisotopic (exact) mass is 320 g/mol. The Hall–Kier alpha value is -1.79. The maximum Gasteiger partial charge on any atom is 0.193 e. The van der Waals surface area contributed by atoms with Gasteiger partial charge in [-0.2, -0.15) is 0 Å². The molecule has 3 N–H and O–H groups in total. The summed E-state index contributed by atoms with van der Waals surface area (Å²) >= 11 is 0. The molecule has 1 aromatic rings. The number of guanidine groups is 1. The highest BCUT2D eigenvalue weighted by Gasteiger charge is 2.23. The highest BCUT2D eigenvalue weighted by molar-refractivity contribution is 5.93. The number of para-hydroxylation sites is 2. The van der Waals surface area contributed by atoms with Crippen molar-refractivity contribution in [3.8, 4) is 5.75 Å². The average molecular weight is 320 g/mol. The lowest BCUT2D eigenvalue weighted by atomic mass is 10.0. The molecule has 1 atom stereocenters. The van der Waals surface area contributed by atoms with Gasteiger partial charge in [0.05, 0.1) is 32.6 Å². The molecule has 1 fully saturated rings. The van der Waals surface area contributed by atoms with Crippen LogP contribution >= 0.6 is 0 Å². The van der Waals surface area contributed by atoms with E-state index in [1.165, 1.54) is 0 Å². The molecule has 1 saturated heterocycles. The van der Waals surface area contributed by atoms with Crippen molar-refractivity contribution in [1.82, 2.24) is 4.90 Å². The molecule has 1 heterocycles. The van der Waals surface area contributed by atoms with Crippen molar-refractivity contribution in [2.45, 2.75) is 19.9 Å². The zero-order valence-electron chi connectivity index (χ0n) is 14.3. The van der Waals surface area contributed by atoms with Gasteiger partial charge in [-0.3, -0.25) is 9.89 Å². The molecule has 0 saturated carbocycles. The van der Waals surface area contributed by atoms with Crippen molar-refractivity contribution < 1.29 is 9.47 Å². The standard InChI is InChI=1S/C17H28N4O2/c1-13(2)15(21-8-10-23-11-9-21)12-19-17(18)20-14-6-4-5-7-16(14)22-3/h4-7,13,15H,8-12H2,1-3H3,(H3,18,19,20). The number of nitrogens with one attached hydrogen (secondary N) is 1. The van der Waals surface area contributed by atoms with Crippen molar-refractivity contribution in [2.24, 2.45) is 16.6 Å². The normalized spacial score (nSPS) is 18.0. The first-order valence-corrected chi connectivity index (χ1v) is 8.13. The van der Waals surface area contributed by atoms with E-state index in [9.17, 15) is 0 Å². The van der Waals surface area contributed by atoms with Crippen LogP contribution in [0.4, 0.5) is 5.69 Å². The van der Waals surface area contributed by atoms with E-state index in [4.69, 9.17) is 15.2 Å². The highest BCUT2D eigenvalue weighted by atomic mass is 16.5. The Morgan fingerprint density at radius 1 is 1.35 bits per heavy atom. The molecule has 0 radical (unpaired) electrons. The topological polar surface area (TPSA) is 72.1 Å². The van der Waals surface area contributed by atoms with Crippen LogP contribution in [0.5, 0.6) is 5.75 Å². The maximum absolute atomic E-state index is 6.05. The van der Waals surface area contributed by atoms with Gasteiger partial charge >= 0.3 is 0 Å². The molecule has 0 amide bonds. The number of rotatable bonds is 6. The average Bonchev–Trinajstić information content (AvgIpc) is 2.56. The van der Waals surface area contributed by atoms with Crippen LogP contribution in [-0.4, -0.2) is 56.9 Å². The van der Waals surface area contributed by atoms with Crippen LogP contribution in [0.1, 0.15) is 13.8 Å². The van der Waals surface area contributed by atoms with Gasteiger partial charge in [0.15, 0.2) is 5.96 Å².